The second-order valence-electron chi connectivity index (χ2n) is 5.69. The topological polar surface area (TPSA) is 54.1 Å². The Hall–Kier alpha value is -2.11. The van der Waals surface area contributed by atoms with Crippen molar-refractivity contribution in [2.24, 2.45) is 0 Å². The minimum atomic E-state index is -0.311. The number of aromatic nitrogens is 1. The fourth-order valence-corrected chi connectivity index (χ4v) is 4.10. The number of hydrogen-bond acceptors (Lipinski definition) is 4. The van der Waals surface area contributed by atoms with Crippen LogP contribution in [0.25, 0.3) is 10.9 Å². The second kappa shape index (κ2) is 5.83. The summed E-state index contributed by atoms with van der Waals surface area (Å²) >= 11 is 1.70. The number of esters is 1. The molecule has 23 heavy (non-hydrogen) atoms. The van der Waals surface area contributed by atoms with Crippen molar-refractivity contribution in [1.29, 1.82) is 0 Å². The number of aromatic amines is 1. The third kappa shape index (κ3) is 2.46. The Morgan fingerprint density at radius 2 is 2.17 bits per heavy atom. The van der Waals surface area contributed by atoms with Crippen molar-refractivity contribution in [2.75, 3.05) is 6.61 Å². The van der Waals surface area contributed by atoms with Gasteiger partial charge in [0.05, 0.1) is 12.6 Å². The number of hydrogen-bond donors (Lipinski definition) is 2. The van der Waals surface area contributed by atoms with Gasteiger partial charge in [0.2, 0.25) is 0 Å². The van der Waals surface area contributed by atoms with Crippen LogP contribution < -0.4 is 5.32 Å². The molecule has 2 unspecified atom stereocenters. The van der Waals surface area contributed by atoms with E-state index in [-0.39, 0.29) is 18.1 Å². The summed E-state index contributed by atoms with van der Waals surface area (Å²) in [5.74, 6) is -0.176. The quantitative estimate of drug-likeness (QED) is 0.725. The molecule has 0 amide bonds. The van der Waals surface area contributed by atoms with Crippen molar-refractivity contribution < 1.29 is 9.53 Å². The summed E-state index contributed by atoms with van der Waals surface area (Å²) in [5, 5.41) is 6.72. The predicted octanol–water partition coefficient (Wildman–Crippen LogP) is 3.40. The lowest BCUT2D eigenvalue weighted by atomic mass is 9.93. The molecule has 1 aliphatic rings. The van der Waals surface area contributed by atoms with Crippen LogP contribution in [0.2, 0.25) is 0 Å². The Bertz CT molecular complexity index is 838. The molecule has 3 aromatic rings. The highest BCUT2D eigenvalue weighted by Gasteiger charge is 2.34. The van der Waals surface area contributed by atoms with E-state index < -0.39 is 0 Å². The van der Waals surface area contributed by atoms with Gasteiger partial charge in [0.15, 0.2) is 0 Å². The number of carbonyl (C=O) groups is 1. The summed E-state index contributed by atoms with van der Waals surface area (Å²) in [6.45, 7) is 2.25. The maximum absolute atomic E-state index is 12.3. The zero-order valence-electron chi connectivity index (χ0n) is 12.8. The number of para-hydroxylation sites is 1. The van der Waals surface area contributed by atoms with E-state index in [4.69, 9.17) is 4.74 Å². The maximum Gasteiger partial charge on any atom is 0.323 e. The van der Waals surface area contributed by atoms with Crippen LogP contribution in [0, 0.1) is 0 Å². The van der Waals surface area contributed by atoms with Crippen molar-refractivity contribution in [3.8, 4) is 0 Å². The zero-order chi connectivity index (χ0) is 15.8. The number of rotatable bonds is 3. The van der Waals surface area contributed by atoms with Crippen LogP contribution in [0.3, 0.4) is 0 Å². The molecule has 2 N–H and O–H groups in total. The average molecular weight is 326 g/mol. The summed E-state index contributed by atoms with van der Waals surface area (Å²) < 4.78 is 5.24. The van der Waals surface area contributed by atoms with Crippen LogP contribution in [0.1, 0.15) is 29.1 Å². The van der Waals surface area contributed by atoms with E-state index in [0.29, 0.717) is 13.0 Å². The summed E-state index contributed by atoms with van der Waals surface area (Å²) in [6.07, 6.45) is 0.653. The Labute approximate surface area is 138 Å². The van der Waals surface area contributed by atoms with Gasteiger partial charge in [0.1, 0.15) is 6.04 Å². The van der Waals surface area contributed by atoms with Gasteiger partial charge in [-0.25, -0.2) is 0 Å². The molecule has 4 rings (SSSR count). The molecule has 0 bridgehead atoms. The molecule has 0 fully saturated rings. The Kier molecular flexibility index (Phi) is 3.67. The number of benzene rings is 1. The van der Waals surface area contributed by atoms with Gasteiger partial charge in [0, 0.05) is 27.9 Å². The van der Waals surface area contributed by atoms with Crippen molar-refractivity contribution in [1.82, 2.24) is 10.3 Å². The molecule has 0 saturated carbocycles. The number of carbonyl (C=O) groups excluding carboxylic acids is 1. The van der Waals surface area contributed by atoms with E-state index in [9.17, 15) is 4.79 Å². The first-order chi connectivity index (χ1) is 11.3. The number of H-pyrrole nitrogens is 1. The highest BCUT2D eigenvalue weighted by atomic mass is 32.1. The third-order valence-electron chi connectivity index (χ3n) is 4.31. The van der Waals surface area contributed by atoms with Gasteiger partial charge < -0.3 is 9.72 Å². The van der Waals surface area contributed by atoms with Crippen LogP contribution in [0.15, 0.2) is 41.8 Å². The van der Waals surface area contributed by atoms with Gasteiger partial charge in [-0.3, -0.25) is 10.1 Å². The maximum atomic E-state index is 12.3. The molecule has 0 saturated heterocycles. The molecular weight excluding hydrogens is 308 g/mol. The average Bonchev–Trinajstić information content (AvgIpc) is 3.22. The first-order valence-corrected chi connectivity index (χ1v) is 8.71. The largest absolute Gasteiger partial charge is 0.465 e. The van der Waals surface area contributed by atoms with Gasteiger partial charge in [-0.05, 0) is 30.0 Å². The SMILES string of the molecule is CCOC(=O)C1Cc2c([nH]c3ccccc23)C(c2cccs2)N1. The summed E-state index contributed by atoms with van der Waals surface area (Å²) in [4.78, 5) is 17.0. The minimum absolute atomic E-state index is 0.000515. The molecule has 5 heteroatoms. The highest BCUT2D eigenvalue weighted by Crippen LogP contribution is 2.36. The standard InChI is InChI=1S/C18H18N2O2S/c1-2-22-18(21)14-10-12-11-6-3-4-7-13(11)19-16(12)17(20-14)15-8-5-9-23-15/h3-9,14,17,19-20H,2,10H2,1H3. The smallest absolute Gasteiger partial charge is 0.323 e. The molecule has 1 aliphatic heterocycles. The molecule has 0 aliphatic carbocycles. The lowest BCUT2D eigenvalue weighted by molar-refractivity contribution is -0.146. The lowest BCUT2D eigenvalue weighted by Gasteiger charge is -2.29. The molecule has 0 spiro atoms. The summed E-state index contributed by atoms with van der Waals surface area (Å²) in [6, 6.07) is 12.1. The third-order valence-corrected chi connectivity index (χ3v) is 5.25. The van der Waals surface area contributed by atoms with Crippen molar-refractivity contribution in [2.45, 2.75) is 25.4 Å². The number of ether oxygens (including phenoxy) is 1. The van der Waals surface area contributed by atoms with E-state index in [1.165, 1.54) is 15.8 Å². The summed E-state index contributed by atoms with van der Waals surface area (Å²) in [7, 11) is 0. The van der Waals surface area contributed by atoms with E-state index in [0.717, 1.165) is 11.2 Å². The fourth-order valence-electron chi connectivity index (χ4n) is 3.31. The van der Waals surface area contributed by atoms with Crippen molar-refractivity contribution in [3.63, 3.8) is 0 Å². The lowest BCUT2D eigenvalue weighted by Crippen LogP contribution is -2.45. The first kappa shape index (κ1) is 14.5. The molecule has 4 nitrogen and oxygen atoms in total. The van der Waals surface area contributed by atoms with Crippen LogP contribution >= 0.6 is 11.3 Å². The van der Waals surface area contributed by atoms with E-state index in [1.54, 1.807) is 11.3 Å². The first-order valence-electron chi connectivity index (χ1n) is 7.83. The van der Waals surface area contributed by atoms with Gasteiger partial charge in [-0.15, -0.1) is 11.3 Å². The number of nitrogens with one attached hydrogen (secondary N) is 2. The molecule has 3 heterocycles. The van der Waals surface area contributed by atoms with Crippen LogP contribution in [0.5, 0.6) is 0 Å². The van der Waals surface area contributed by atoms with E-state index in [2.05, 4.69) is 33.9 Å². The molecule has 0 radical (unpaired) electrons. The molecule has 2 atom stereocenters. The van der Waals surface area contributed by atoms with E-state index >= 15 is 0 Å². The number of thiophene rings is 1. The van der Waals surface area contributed by atoms with Gasteiger partial charge >= 0.3 is 5.97 Å². The van der Waals surface area contributed by atoms with Gasteiger partial charge in [0.25, 0.3) is 0 Å². The minimum Gasteiger partial charge on any atom is -0.465 e. The van der Waals surface area contributed by atoms with Crippen molar-refractivity contribution in [3.05, 3.63) is 57.9 Å². The normalized spacial score (nSPS) is 20.4. The monoisotopic (exact) mass is 326 g/mol. The Balaban J connectivity index is 1.83. The van der Waals surface area contributed by atoms with Crippen molar-refractivity contribution >= 4 is 28.2 Å². The Morgan fingerprint density at radius 1 is 1.30 bits per heavy atom. The van der Waals surface area contributed by atoms with E-state index in [1.807, 2.05) is 25.1 Å². The fraction of sp³-hybridized carbons (Fsp3) is 0.278. The molecular formula is C18H18N2O2S. The van der Waals surface area contributed by atoms with Gasteiger partial charge in [-0.1, -0.05) is 24.3 Å². The summed E-state index contributed by atoms with van der Waals surface area (Å²) in [5.41, 5.74) is 3.50. The molecule has 118 valence electrons. The zero-order valence-corrected chi connectivity index (χ0v) is 13.7. The molecule has 1 aromatic carbocycles. The molecule has 2 aromatic heterocycles. The predicted molar refractivity (Wildman–Crippen MR) is 91.7 cm³/mol. The highest BCUT2D eigenvalue weighted by molar-refractivity contribution is 7.10. The second-order valence-corrected chi connectivity index (χ2v) is 6.67. The van der Waals surface area contributed by atoms with Crippen LogP contribution in [0.4, 0.5) is 0 Å². The Morgan fingerprint density at radius 3 is 2.96 bits per heavy atom. The number of fused-ring (bicyclic) bond motifs is 3. The van der Waals surface area contributed by atoms with Gasteiger partial charge in [-0.2, -0.15) is 0 Å². The van der Waals surface area contributed by atoms with Crippen LogP contribution in [-0.2, 0) is 16.0 Å². The van der Waals surface area contributed by atoms with Crippen LogP contribution in [-0.4, -0.2) is 23.6 Å².